The number of hydrogen-bond donors (Lipinski definition) is 1. The van der Waals surface area contributed by atoms with Gasteiger partial charge in [-0.3, -0.25) is 14.2 Å². The Balaban J connectivity index is 1.88. The van der Waals surface area contributed by atoms with Crippen LogP contribution in [0.15, 0.2) is 95.8 Å². The molecule has 4 rings (SSSR count). The molecule has 0 aliphatic heterocycles. The number of nitriles is 1. The maximum Gasteiger partial charge on any atom is 0.273 e. The molecule has 34 heavy (non-hydrogen) atoms. The van der Waals surface area contributed by atoms with Gasteiger partial charge in [-0.1, -0.05) is 84.4 Å². The van der Waals surface area contributed by atoms with E-state index >= 15 is 0 Å². The molecule has 0 bridgehead atoms. The number of carbonyl (C=O) groups excluding carboxylic acids is 1. The molecule has 0 unspecified atom stereocenters. The first kappa shape index (κ1) is 23.0. The molecule has 0 aliphatic carbocycles. The van der Waals surface area contributed by atoms with E-state index in [4.69, 9.17) is 11.6 Å². The van der Waals surface area contributed by atoms with Crippen molar-refractivity contribution in [2.45, 2.75) is 0 Å². The zero-order chi connectivity index (χ0) is 23.9. The number of allylic oxidation sites excluding steroid dienone is 1. The van der Waals surface area contributed by atoms with Crippen molar-refractivity contribution in [3.05, 3.63) is 121 Å². The molecule has 1 amide bonds. The van der Waals surface area contributed by atoms with Crippen LogP contribution in [0.25, 0.3) is 23.4 Å². The van der Waals surface area contributed by atoms with Crippen molar-refractivity contribution in [1.29, 1.82) is 5.26 Å². The SMILES string of the molecule is N#CC(C(=O)Nc1ccccc1Cl)=c1sc(=CC=Cc2ccccc2)c(=O)n1-c1ccccc1. The number of nitrogens with zero attached hydrogens (tertiary/aromatic N) is 2. The summed E-state index contributed by atoms with van der Waals surface area (Å²) < 4.78 is 2.02. The molecule has 166 valence electrons. The molecule has 0 fully saturated rings. The molecule has 0 saturated heterocycles. The van der Waals surface area contributed by atoms with Gasteiger partial charge in [-0.2, -0.15) is 5.26 Å². The number of para-hydroxylation sites is 2. The fraction of sp³-hybridized carbons (Fsp3) is 0. The Bertz CT molecular complexity index is 1580. The number of rotatable bonds is 5. The van der Waals surface area contributed by atoms with E-state index in [0.717, 1.165) is 16.9 Å². The van der Waals surface area contributed by atoms with E-state index < -0.39 is 5.91 Å². The molecule has 0 aliphatic rings. The van der Waals surface area contributed by atoms with E-state index in [-0.39, 0.29) is 15.8 Å². The Hall–Kier alpha value is -4.18. The van der Waals surface area contributed by atoms with E-state index in [0.29, 0.717) is 20.9 Å². The monoisotopic (exact) mass is 483 g/mol. The normalized spacial score (nSPS) is 12.4. The zero-order valence-corrected chi connectivity index (χ0v) is 19.4. The fourth-order valence-electron chi connectivity index (χ4n) is 3.23. The van der Waals surface area contributed by atoms with Crippen LogP contribution in [-0.2, 0) is 4.79 Å². The standard InChI is InChI=1S/C27H18ClN3O2S/c28-22-15-7-8-16-23(22)30-25(32)21(18-29)27-31(20-13-5-2-6-14-20)26(33)24(34-27)17-9-12-19-10-3-1-4-11-19/h1-17H,(H,30,32). The third-order valence-electron chi connectivity index (χ3n) is 4.85. The van der Waals surface area contributed by atoms with Crippen molar-refractivity contribution >= 4 is 52.3 Å². The number of halogens is 1. The third kappa shape index (κ3) is 5.07. The lowest BCUT2D eigenvalue weighted by Crippen LogP contribution is -2.32. The molecule has 0 radical (unpaired) electrons. The summed E-state index contributed by atoms with van der Waals surface area (Å²) in [6, 6.07) is 27.3. The summed E-state index contributed by atoms with van der Waals surface area (Å²) in [7, 11) is 0. The van der Waals surface area contributed by atoms with Crippen LogP contribution in [-0.4, -0.2) is 10.5 Å². The molecule has 0 spiro atoms. The summed E-state index contributed by atoms with van der Waals surface area (Å²) >= 11 is 7.24. The van der Waals surface area contributed by atoms with Crippen molar-refractivity contribution in [3.63, 3.8) is 0 Å². The maximum atomic E-state index is 13.3. The highest BCUT2D eigenvalue weighted by atomic mass is 35.5. The first-order chi connectivity index (χ1) is 16.6. The van der Waals surface area contributed by atoms with Gasteiger partial charge in [0, 0.05) is 0 Å². The average Bonchev–Trinajstić information content (AvgIpc) is 3.18. The van der Waals surface area contributed by atoms with E-state index in [2.05, 4.69) is 5.32 Å². The lowest BCUT2D eigenvalue weighted by molar-refractivity contribution is -0.111. The molecule has 0 atom stereocenters. The summed E-state index contributed by atoms with van der Waals surface area (Å²) in [6.07, 6.45) is 5.34. The average molecular weight is 484 g/mol. The minimum Gasteiger partial charge on any atom is -0.320 e. The molecule has 4 aromatic rings. The van der Waals surface area contributed by atoms with Gasteiger partial charge in [-0.25, -0.2) is 0 Å². The highest BCUT2D eigenvalue weighted by molar-refractivity contribution is 7.07. The second kappa shape index (κ2) is 10.6. The van der Waals surface area contributed by atoms with Gasteiger partial charge in [0.1, 0.15) is 10.7 Å². The molecule has 7 heteroatoms. The largest absolute Gasteiger partial charge is 0.320 e. The van der Waals surface area contributed by atoms with Crippen LogP contribution in [0.3, 0.4) is 0 Å². The van der Waals surface area contributed by atoms with Gasteiger partial charge in [0.2, 0.25) is 0 Å². The van der Waals surface area contributed by atoms with Gasteiger partial charge in [-0.15, -0.1) is 11.3 Å². The van der Waals surface area contributed by atoms with Crippen LogP contribution in [0.1, 0.15) is 5.56 Å². The maximum absolute atomic E-state index is 13.3. The Morgan fingerprint density at radius 2 is 1.62 bits per heavy atom. The van der Waals surface area contributed by atoms with Gasteiger partial charge in [0.15, 0.2) is 5.57 Å². The van der Waals surface area contributed by atoms with E-state index in [1.807, 2.05) is 48.5 Å². The van der Waals surface area contributed by atoms with E-state index in [1.165, 1.54) is 4.57 Å². The van der Waals surface area contributed by atoms with Crippen LogP contribution >= 0.6 is 22.9 Å². The second-order valence-corrected chi connectivity index (χ2v) is 8.54. The molecule has 1 N–H and O–H groups in total. The van der Waals surface area contributed by atoms with Crippen LogP contribution in [0.5, 0.6) is 0 Å². The van der Waals surface area contributed by atoms with Gasteiger partial charge < -0.3 is 5.32 Å². The molecular weight excluding hydrogens is 466 g/mol. The fourth-order valence-corrected chi connectivity index (χ4v) is 4.47. The van der Waals surface area contributed by atoms with Crippen LogP contribution in [0, 0.1) is 11.3 Å². The number of anilines is 1. The predicted molar refractivity (Wildman–Crippen MR) is 138 cm³/mol. The molecular formula is C27H18ClN3O2S. The summed E-state index contributed by atoms with van der Waals surface area (Å²) in [5.41, 5.74) is 1.43. The van der Waals surface area contributed by atoms with Crippen LogP contribution < -0.4 is 20.1 Å². The molecule has 0 saturated carbocycles. The summed E-state index contributed by atoms with van der Waals surface area (Å²) in [5.74, 6) is -0.645. The summed E-state index contributed by atoms with van der Waals surface area (Å²) in [5, 5.41) is 12.9. The number of aromatic nitrogens is 1. The first-order valence-corrected chi connectivity index (χ1v) is 11.5. The Labute approximate surface area is 204 Å². The van der Waals surface area contributed by atoms with Crippen LogP contribution in [0.2, 0.25) is 5.02 Å². The summed E-state index contributed by atoms with van der Waals surface area (Å²) in [6.45, 7) is 0. The lowest BCUT2D eigenvalue weighted by Gasteiger charge is -2.07. The third-order valence-corrected chi connectivity index (χ3v) is 6.29. The topological polar surface area (TPSA) is 74.9 Å². The molecule has 1 aromatic heterocycles. The molecule has 1 heterocycles. The van der Waals surface area contributed by atoms with Crippen molar-refractivity contribution in [2.24, 2.45) is 0 Å². The van der Waals surface area contributed by atoms with Crippen molar-refractivity contribution in [1.82, 2.24) is 4.57 Å². The minimum absolute atomic E-state index is 0.183. The predicted octanol–water partition coefficient (Wildman–Crippen LogP) is 4.36. The number of amides is 1. The van der Waals surface area contributed by atoms with Crippen molar-refractivity contribution < 1.29 is 4.79 Å². The van der Waals surface area contributed by atoms with Crippen molar-refractivity contribution in [2.75, 3.05) is 5.32 Å². The van der Waals surface area contributed by atoms with Crippen molar-refractivity contribution in [3.8, 4) is 11.8 Å². The van der Waals surface area contributed by atoms with Gasteiger partial charge in [0.05, 0.1) is 20.9 Å². The Morgan fingerprint density at radius 3 is 2.29 bits per heavy atom. The second-order valence-electron chi connectivity index (χ2n) is 7.10. The Kier molecular flexibility index (Phi) is 7.19. The van der Waals surface area contributed by atoms with Gasteiger partial charge >= 0.3 is 0 Å². The minimum atomic E-state index is -0.645. The smallest absolute Gasteiger partial charge is 0.273 e. The molecule has 3 aromatic carbocycles. The first-order valence-electron chi connectivity index (χ1n) is 10.3. The Morgan fingerprint density at radius 1 is 0.971 bits per heavy atom. The zero-order valence-electron chi connectivity index (χ0n) is 17.8. The number of carbonyl (C=O) groups is 1. The summed E-state index contributed by atoms with van der Waals surface area (Å²) in [4.78, 5) is 26.4. The number of benzene rings is 3. The van der Waals surface area contributed by atoms with Gasteiger partial charge in [-0.05, 0) is 35.9 Å². The quantitative estimate of drug-likeness (QED) is 0.458. The van der Waals surface area contributed by atoms with Gasteiger partial charge in [0.25, 0.3) is 11.5 Å². The molecule has 5 nitrogen and oxygen atoms in total. The highest BCUT2D eigenvalue weighted by Gasteiger charge is 2.17. The lowest BCUT2D eigenvalue weighted by atomic mass is 10.2. The van der Waals surface area contributed by atoms with E-state index in [1.54, 1.807) is 60.7 Å². The number of nitrogens with one attached hydrogen (secondary N) is 1. The van der Waals surface area contributed by atoms with E-state index in [9.17, 15) is 14.9 Å². The van der Waals surface area contributed by atoms with Crippen LogP contribution in [0.4, 0.5) is 5.69 Å². The highest BCUT2D eigenvalue weighted by Crippen LogP contribution is 2.21. The number of thiazole rings is 1. The number of hydrogen-bond acceptors (Lipinski definition) is 4.